The van der Waals surface area contributed by atoms with E-state index in [0.717, 1.165) is 14.7 Å². The van der Waals surface area contributed by atoms with Crippen LogP contribution in [0.25, 0.3) is 0 Å². The normalized spacial score (nSPS) is 12.4. The number of Topliss-reactive ketones (excluding diaryl/α,β-unsaturated/α-hetero) is 1. The fourth-order valence-electron chi connectivity index (χ4n) is 2.53. The lowest BCUT2D eigenvalue weighted by Gasteiger charge is -2.24. The third kappa shape index (κ3) is 3.52. The Balaban J connectivity index is 2.36. The molecule has 1 unspecified atom stereocenters. The smallest absolute Gasteiger partial charge is 0.332 e. The van der Waals surface area contributed by atoms with E-state index in [1.807, 2.05) is 18.2 Å². The maximum absolute atomic E-state index is 12.8. The number of rotatable bonds is 5. The molecule has 0 aliphatic heterocycles. The van der Waals surface area contributed by atoms with E-state index in [1.54, 1.807) is 24.9 Å². The summed E-state index contributed by atoms with van der Waals surface area (Å²) in [5.74, 6) is -0.570. The monoisotopic (exact) mass is 364 g/mol. The number of carbonyl (C=O) groups is 1. The standard InChI is InChI=1S/C17H21ClN4O3/c1-10(20(2)9-11-7-5-6-8-12(11)18)14(23)13-15(19)21(3)17(25)22(4)16(13)24/h5-8,10H,9,19H2,1-4H3. The summed E-state index contributed by atoms with van der Waals surface area (Å²) in [6.45, 7) is 2.11. The second-order valence-electron chi connectivity index (χ2n) is 6.01. The number of likely N-dealkylation sites (N-methyl/N-ethyl adjacent to an activating group) is 1. The van der Waals surface area contributed by atoms with Crippen molar-refractivity contribution in [3.8, 4) is 0 Å². The van der Waals surface area contributed by atoms with Crippen LogP contribution in [0.4, 0.5) is 5.82 Å². The Morgan fingerprint density at radius 2 is 1.84 bits per heavy atom. The second-order valence-corrected chi connectivity index (χ2v) is 6.42. The minimum atomic E-state index is -0.691. The Hall–Kier alpha value is -2.38. The number of anilines is 1. The van der Waals surface area contributed by atoms with Crippen LogP contribution in [0.15, 0.2) is 33.9 Å². The summed E-state index contributed by atoms with van der Waals surface area (Å²) in [6.07, 6.45) is 0. The van der Waals surface area contributed by atoms with Crippen LogP contribution in [0, 0.1) is 0 Å². The molecule has 0 aliphatic rings. The molecular formula is C17H21ClN4O3. The summed E-state index contributed by atoms with van der Waals surface area (Å²) < 4.78 is 1.97. The number of nitrogen functional groups attached to an aromatic ring is 1. The number of aromatic nitrogens is 2. The van der Waals surface area contributed by atoms with Gasteiger partial charge in [0, 0.05) is 25.7 Å². The minimum absolute atomic E-state index is 0.129. The van der Waals surface area contributed by atoms with Gasteiger partial charge in [0.15, 0.2) is 5.78 Å². The number of nitrogens with two attached hydrogens (primary N) is 1. The Kier molecular flexibility index (Phi) is 5.49. The van der Waals surface area contributed by atoms with E-state index in [1.165, 1.54) is 14.1 Å². The molecule has 2 rings (SSSR count). The SMILES string of the molecule is CC(C(=O)c1c(N)n(C)c(=O)n(C)c1=O)N(C)Cc1ccccc1Cl. The van der Waals surface area contributed by atoms with Crippen LogP contribution >= 0.6 is 11.6 Å². The highest BCUT2D eigenvalue weighted by Gasteiger charge is 2.27. The van der Waals surface area contributed by atoms with Gasteiger partial charge in [-0.25, -0.2) is 4.79 Å². The second kappa shape index (κ2) is 7.25. The topological polar surface area (TPSA) is 90.3 Å². The maximum atomic E-state index is 12.8. The molecule has 8 heteroatoms. The summed E-state index contributed by atoms with van der Waals surface area (Å²) in [7, 11) is 4.50. The number of carbonyl (C=O) groups excluding carboxylic acids is 1. The first-order chi connectivity index (χ1) is 11.7. The van der Waals surface area contributed by atoms with Crippen molar-refractivity contribution in [2.75, 3.05) is 12.8 Å². The number of halogens is 1. The van der Waals surface area contributed by atoms with Crippen LogP contribution in [0.2, 0.25) is 5.02 Å². The highest BCUT2D eigenvalue weighted by molar-refractivity contribution is 6.31. The van der Waals surface area contributed by atoms with E-state index >= 15 is 0 Å². The Morgan fingerprint density at radius 3 is 2.44 bits per heavy atom. The number of ketones is 1. The molecule has 25 heavy (non-hydrogen) atoms. The number of benzene rings is 1. The molecule has 2 N–H and O–H groups in total. The first-order valence-corrected chi connectivity index (χ1v) is 8.08. The summed E-state index contributed by atoms with van der Waals surface area (Å²) in [5.41, 5.74) is 5.28. The fraction of sp³-hybridized carbons (Fsp3) is 0.353. The van der Waals surface area contributed by atoms with Crippen molar-refractivity contribution in [3.63, 3.8) is 0 Å². The van der Waals surface area contributed by atoms with E-state index in [-0.39, 0.29) is 11.4 Å². The molecule has 2 aromatic rings. The molecule has 0 bridgehead atoms. The van der Waals surface area contributed by atoms with E-state index in [9.17, 15) is 14.4 Å². The van der Waals surface area contributed by atoms with E-state index < -0.39 is 23.1 Å². The predicted octanol–water partition coefficient (Wildman–Crippen LogP) is 1.02. The fourth-order valence-corrected chi connectivity index (χ4v) is 2.73. The van der Waals surface area contributed by atoms with Gasteiger partial charge in [-0.3, -0.25) is 23.6 Å². The zero-order valence-corrected chi connectivity index (χ0v) is 15.4. The molecule has 0 amide bonds. The van der Waals surface area contributed by atoms with Gasteiger partial charge in [-0.1, -0.05) is 29.8 Å². The summed E-state index contributed by atoms with van der Waals surface area (Å²) in [6, 6.07) is 6.72. The van der Waals surface area contributed by atoms with E-state index in [2.05, 4.69) is 0 Å². The first kappa shape index (κ1) is 19.0. The molecule has 1 aromatic carbocycles. The summed E-state index contributed by atoms with van der Waals surface area (Å²) in [4.78, 5) is 38.8. The van der Waals surface area contributed by atoms with Crippen molar-refractivity contribution < 1.29 is 4.79 Å². The van der Waals surface area contributed by atoms with Gasteiger partial charge in [-0.2, -0.15) is 0 Å². The van der Waals surface area contributed by atoms with E-state index in [0.29, 0.717) is 11.6 Å². The largest absolute Gasteiger partial charge is 0.384 e. The van der Waals surface area contributed by atoms with Crippen LogP contribution < -0.4 is 17.0 Å². The molecule has 1 heterocycles. The van der Waals surface area contributed by atoms with Gasteiger partial charge in [0.1, 0.15) is 11.4 Å². The molecule has 0 spiro atoms. The van der Waals surface area contributed by atoms with Gasteiger partial charge in [0.25, 0.3) is 5.56 Å². The van der Waals surface area contributed by atoms with Crippen molar-refractivity contribution in [2.24, 2.45) is 14.1 Å². The Bertz CT molecular complexity index is 932. The number of hydrogen-bond acceptors (Lipinski definition) is 5. The van der Waals surface area contributed by atoms with Crippen molar-refractivity contribution in [1.29, 1.82) is 0 Å². The quantitative estimate of drug-likeness (QED) is 0.800. The summed E-state index contributed by atoms with van der Waals surface area (Å²) >= 11 is 6.16. The Morgan fingerprint density at radius 1 is 1.24 bits per heavy atom. The lowest BCUT2D eigenvalue weighted by Crippen LogP contribution is -2.45. The lowest BCUT2D eigenvalue weighted by molar-refractivity contribution is 0.0860. The third-order valence-electron chi connectivity index (χ3n) is 4.37. The molecule has 1 aromatic heterocycles. The zero-order chi connectivity index (χ0) is 18.9. The summed E-state index contributed by atoms with van der Waals surface area (Å²) in [5, 5.41) is 0.603. The van der Waals surface area contributed by atoms with Gasteiger partial charge in [-0.05, 0) is 25.6 Å². The highest BCUT2D eigenvalue weighted by atomic mass is 35.5. The van der Waals surface area contributed by atoms with Gasteiger partial charge in [0.2, 0.25) is 0 Å². The van der Waals surface area contributed by atoms with Crippen molar-refractivity contribution in [1.82, 2.24) is 14.0 Å². The zero-order valence-electron chi connectivity index (χ0n) is 14.6. The molecule has 0 saturated carbocycles. The van der Waals surface area contributed by atoms with Crippen LogP contribution in [-0.2, 0) is 20.6 Å². The number of nitrogens with zero attached hydrogens (tertiary/aromatic N) is 3. The van der Waals surface area contributed by atoms with Crippen LogP contribution in [0.1, 0.15) is 22.8 Å². The first-order valence-electron chi connectivity index (χ1n) is 7.70. The molecule has 1 atom stereocenters. The number of hydrogen-bond donors (Lipinski definition) is 1. The third-order valence-corrected chi connectivity index (χ3v) is 4.74. The van der Waals surface area contributed by atoms with Crippen LogP contribution in [0.3, 0.4) is 0 Å². The van der Waals surface area contributed by atoms with Crippen LogP contribution in [-0.4, -0.2) is 32.9 Å². The molecule has 0 fully saturated rings. The highest BCUT2D eigenvalue weighted by Crippen LogP contribution is 2.18. The minimum Gasteiger partial charge on any atom is -0.384 e. The molecule has 134 valence electrons. The molecule has 0 aliphatic carbocycles. The van der Waals surface area contributed by atoms with E-state index in [4.69, 9.17) is 17.3 Å². The predicted molar refractivity (Wildman–Crippen MR) is 98.0 cm³/mol. The van der Waals surface area contributed by atoms with Gasteiger partial charge in [-0.15, -0.1) is 0 Å². The molecular weight excluding hydrogens is 344 g/mol. The molecule has 0 radical (unpaired) electrons. The average molecular weight is 365 g/mol. The Labute approximate surface area is 150 Å². The maximum Gasteiger partial charge on any atom is 0.332 e. The van der Waals surface area contributed by atoms with Crippen molar-refractivity contribution >= 4 is 23.2 Å². The van der Waals surface area contributed by atoms with Gasteiger partial charge < -0.3 is 5.73 Å². The van der Waals surface area contributed by atoms with Gasteiger partial charge >= 0.3 is 5.69 Å². The molecule has 0 saturated heterocycles. The van der Waals surface area contributed by atoms with Crippen LogP contribution in [0.5, 0.6) is 0 Å². The van der Waals surface area contributed by atoms with Gasteiger partial charge in [0.05, 0.1) is 6.04 Å². The van der Waals surface area contributed by atoms with Crippen molar-refractivity contribution in [2.45, 2.75) is 19.5 Å². The average Bonchev–Trinajstić information content (AvgIpc) is 2.59. The van der Waals surface area contributed by atoms with Crippen molar-refractivity contribution in [3.05, 3.63) is 61.3 Å². The molecule has 7 nitrogen and oxygen atoms in total. The lowest BCUT2D eigenvalue weighted by atomic mass is 10.1.